The first kappa shape index (κ1) is 14.3. The average molecular weight is 324 g/mol. The van der Waals surface area contributed by atoms with E-state index in [-0.39, 0.29) is 17.5 Å². The van der Waals surface area contributed by atoms with E-state index >= 15 is 0 Å². The molecule has 1 fully saturated rings. The molecule has 1 saturated heterocycles. The van der Waals surface area contributed by atoms with Crippen LogP contribution in [0.4, 0.5) is 0 Å². The molecule has 2 rings (SSSR count). The number of likely N-dealkylation sites (tertiary alicyclic amines) is 1. The van der Waals surface area contributed by atoms with E-state index in [9.17, 15) is 9.90 Å². The van der Waals surface area contributed by atoms with E-state index in [1.54, 1.807) is 24.3 Å². The number of hydrogen-bond acceptors (Lipinski definition) is 3. The summed E-state index contributed by atoms with van der Waals surface area (Å²) in [5.74, 6) is 0.490. The van der Waals surface area contributed by atoms with Gasteiger partial charge in [-0.1, -0.05) is 22.5 Å². The van der Waals surface area contributed by atoms with Crippen molar-refractivity contribution < 1.29 is 9.90 Å². The van der Waals surface area contributed by atoms with Crippen molar-refractivity contribution in [1.29, 1.82) is 0 Å². The number of phenols is 1. The van der Waals surface area contributed by atoms with Gasteiger partial charge in [0, 0.05) is 22.5 Å². The minimum Gasteiger partial charge on any atom is -0.508 e. The standard InChI is InChI=1S/C15H18BrNO2/c1-11(16)10-17-8-6-13(7-9-17)15(19)12-2-4-14(18)5-3-12/h2-5,13,18H,1,6-10H2. The van der Waals surface area contributed by atoms with Gasteiger partial charge in [0.1, 0.15) is 5.75 Å². The first-order chi connectivity index (χ1) is 9.06. The minimum atomic E-state index is 0.101. The van der Waals surface area contributed by atoms with Gasteiger partial charge in [-0.3, -0.25) is 9.69 Å². The van der Waals surface area contributed by atoms with E-state index in [2.05, 4.69) is 27.4 Å². The fourth-order valence-electron chi connectivity index (χ4n) is 2.46. The van der Waals surface area contributed by atoms with Crippen molar-refractivity contribution in [2.75, 3.05) is 19.6 Å². The Balaban J connectivity index is 1.92. The molecule has 1 aromatic rings. The van der Waals surface area contributed by atoms with Crippen LogP contribution in [0.1, 0.15) is 23.2 Å². The fraction of sp³-hybridized carbons (Fsp3) is 0.400. The lowest BCUT2D eigenvalue weighted by Crippen LogP contribution is -2.36. The molecular weight excluding hydrogens is 306 g/mol. The van der Waals surface area contributed by atoms with Crippen LogP contribution < -0.4 is 0 Å². The molecule has 1 N–H and O–H groups in total. The van der Waals surface area contributed by atoms with E-state index < -0.39 is 0 Å². The highest BCUT2D eigenvalue weighted by molar-refractivity contribution is 9.11. The summed E-state index contributed by atoms with van der Waals surface area (Å²) in [4.78, 5) is 14.6. The van der Waals surface area contributed by atoms with Gasteiger partial charge in [-0.2, -0.15) is 0 Å². The minimum absolute atomic E-state index is 0.101. The molecule has 1 aliphatic heterocycles. The summed E-state index contributed by atoms with van der Waals surface area (Å²) in [7, 11) is 0. The molecule has 0 amide bonds. The Morgan fingerprint density at radius 3 is 2.42 bits per heavy atom. The number of aromatic hydroxyl groups is 1. The molecule has 1 aromatic carbocycles. The number of nitrogens with zero attached hydrogens (tertiary/aromatic N) is 1. The lowest BCUT2D eigenvalue weighted by molar-refractivity contribution is 0.0848. The van der Waals surface area contributed by atoms with Crippen LogP contribution in [-0.2, 0) is 0 Å². The van der Waals surface area contributed by atoms with Crippen molar-refractivity contribution >= 4 is 21.7 Å². The van der Waals surface area contributed by atoms with Crippen molar-refractivity contribution in [3.8, 4) is 5.75 Å². The zero-order chi connectivity index (χ0) is 13.8. The number of benzene rings is 1. The number of halogens is 1. The van der Waals surface area contributed by atoms with Crippen LogP contribution in [0.5, 0.6) is 5.75 Å². The molecule has 1 aliphatic rings. The summed E-state index contributed by atoms with van der Waals surface area (Å²) in [6.07, 6.45) is 1.78. The Hall–Kier alpha value is -1.13. The number of carbonyl (C=O) groups excluding carboxylic acids is 1. The molecule has 102 valence electrons. The number of carbonyl (C=O) groups is 1. The lowest BCUT2D eigenvalue weighted by Gasteiger charge is -2.31. The Kier molecular flexibility index (Phi) is 4.77. The zero-order valence-electron chi connectivity index (χ0n) is 10.8. The number of hydrogen-bond donors (Lipinski definition) is 1. The highest BCUT2D eigenvalue weighted by Crippen LogP contribution is 2.23. The van der Waals surface area contributed by atoms with Gasteiger partial charge in [0.05, 0.1) is 0 Å². The second-order valence-corrected chi connectivity index (χ2v) is 6.10. The fourth-order valence-corrected chi connectivity index (χ4v) is 2.81. The molecule has 19 heavy (non-hydrogen) atoms. The highest BCUT2D eigenvalue weighted by Gasteiger charge is 2.25. The monoisotopic (exact) mass is 323 g/mol. The third kappa shape index (κ3) is 3.91. The van der Waals surface area contributed by atoms with Gasteiger partial charge < -0.3 is 5.11 Å². The molecule has 0 radical (unpaired) electrons. The largest absolute Gasteiger partial charge is 0.508 e. The molecule has 0 atom stereocenters. The molecule has 0 aliphatic carbocycles. The van der Waals surface area contributed by atoms with Crippen LogP contribution in [0.2, 0.25) is 0 Å². The number of piperidine rings is 1. The lowest BCUT2D eigenvalue weighted by atomic mass is 9.89. The number of rotatable bonds is 4. The Morgan fingerprint density at radius 2 is 1.89 bits per heavy atom. The number of phenolic OH excluding ortho intramolecular Hbond substituents is 1. The molecule has 0 bridgehead atoms. The van der Waals surface area contributed by atoms with Crippen molar-refractivity contribution in [3.63, 3.8) is 0 Å². The maximum absolute atomic E-state index is 12.3. The molecule has 1 heterocycles. The number of ketones is 1. The summed E-state index contributed by atoms with van der Waals surface area (Å²) in [5, 5.41) is 9.24. The van der Waals surface area contributed by atoms with Gasteiger partial charge in [0.25, 0.3) is 0 Å². The predicted octanol–water partition coefficient (Wildman–Crippen LogP) is 3.20. The molecule has 3 nitrogen and oxygen atoms in total. The van der Waals surface area contributed by atoms with E-state index in [0.717, 1.165) is 37.0 Å². The van der Waals surface area contributed by atoms with Gasteiger partial charge in [-0.05, 0) is 50.2 Å². The van der Waals surface area contributed by atoms with Gasteiger partial charge in [0.15, 0.2) is 5.78 Å². The topological polar surface area (TPSA) is 40.5 Å². The van der Waals surface area contributed by atoms with Gasteiger partial charge in [0.2, 0.25) is 0 Å². The second kappa shape index (κ2) is 6.35. The molecular formula is C15H18BrNO2. The van der Waals surface area contributed by atoms with Crippen molar-refractivity contribution in [3.05, 3.63) is 40.9 Å². The van der Waals surface area contributed by atoms with Crippen LogP contribution in [0.15, 0.2) is 35.3 Å². The van der Waals surface area contributed by atoms with Gasteiger partial charge >= 0.3 is 0 Å². The Bertz CT molecular complexity index is 462. The summed E-state index contributed by atoms with van der Waals surface area (Å²) in [6.45, 7) is 6.55. The van der Waals surface area contributed by atoms with Crippen molar-refractivity contribution in [1.82, 2.24) is 4.90 Å². The normalized spacial score (nSPS) is 17.3. The predicted molar refractivity (Wildman–Crippen MR) is 79.7 cm³/mol. The van der Waals surface area contributed by atoms with Crippen LogP contribution in [-0.4, -0.2) is 35.4 Å². The van der Waals surface area contributed by atoms with E-state index in [1.165, 1.54) is 0 Å². The molecule has 0 saturated carbocycles. The summed E-state index contributed by atoms with van der Waals surface area (Å²) >= 11 is 3.37. The first-order valence-electron chi connectivity index (χ1n) is 6.45. The van der Waals surface area contributed by atoms with E-state index in [1.807, 2.05) is 0 Å². The van der Waals surface area contributed by atoms with Gasteiger partial charge in [-0.25, -0.2) is 0 Å². The third-order valence-corrected chi connectivity index (χ3v) is 3.76. The van der Waals surface area contributed by atoms with Crippen LogP contribution in [0.25, 0.3) is 0 Å². The number of Topliss-reactive ketones (excluding diaryl/α,β-unsaturated/α-hetero) is 1. The zero-order valence-corrected chi connectivity index (χ0v) is 12.4. The Labute approximate surface area is 122 Å². The van der Waals surface area contributed by atoms with Gasteiger partial charge in [-0.15, -0.1) is 0 Å². The van der Waals surface area contributed by atoms with Crippen LogP contribution >= 0.6 is 15.9 Å². The highest BCUT2D eigenvalue weighted by atomic mass is 79.9. The summed E-state index contributed by atoms with van der Waals surface area (Å²) in [6, 6.07) is 6.53. The van der Waals surface area contributed by atoms with Crippen LogP contribution in [0.3, 0.4) is 0 Å². The van der Waals surface area contributed by atoms with Crippen molar-refractivity contribution in [2.45, 2.75) is 12.8 Å². The summed E-state index contributed by atoms with van der Waals surface area (Å²) < 4.78 is 0.982. The Morgan fingerprint density at radius 1 is 1.32 bits per heavy atom. The van der Waals surface area contributed by atoms with E-state index in [0.29, 0.717) is 5.56 Å². The van der Waals surface area contributed by atoms with Crippen molar-refractivity contribution in [2.24, 2.45) is 5.92 Å². The third-order valence-electron chi connectivity index (χ3n) is 3.51. The van der Waals surface area contributed by atoms with E-state index in [4.69, 9.17) is 0 Å². The molecule has 0 spiro atoms. The smallest absolute Gasteiger partial charge is 0.166 e. The molecule has 0 unspecified atom stereocenters. The SMILES string of the molecule is C=C(Br)CN1CCC(C(=O)c2ccc(O)cc2)CC1. The molecule has 0 aromatic heterocycles. The maximum Gasteiger partial charge on any atom is 0.166 e. The maximum atomic E-state index is 12.3. The van der Waals surface area contributed by atoms with Crippen LogP contribution in [0, 0.1) is 5.92 Å². The quantitative estimate of drug-likeness (QED) is 0.865. The first-order valence-corrected chi connectivity index (χ1v) is 7.24. The summed E-state index contributed by atoms with van der Waals surface area (Å²) in [5.41, 5.74) is 0.696. The average Bonchev–Trinajstić information content (AvgIpc) is 2.39. The molecule has 4 heteroatoms. The second-order valence-electron chi connectivity index (χ2n) is 4.98.